The number of methoxy groups -OCH3 is 1. The first-order chi connectivity index (χ1) is 12.1. The van der Waals surface area contributed by atoms with Crippen LogP contribution in [0, 0.1) is 6.92 Å². The van der Waals surface area contributed by atoms with Crippen molar-refractivity contribution in [1.29, 1.82) is 0 Å². The van der Waals surface area contributed by atoms with Crippen molar-refractivity contribution in [3.63, 3.8) is 0 Å². The summed E-state index contributed by atoms with van der Waals surface area (Å²) in [6, 6.07) is 2.12. The van der Waals surface area contributed by atoms with E-state index in [2.05, 4.69) is 29.5 Å². The van der Waals surface area contributed by atoms with Gasteiger partial charge in [-0.1, -0.05) is 0 Å². The summed E-state index contributed by atoms with van der Waals surface area (Å²) in [6.07, 6.45) is 4.52. The SMILES string of the molecule is CCN(C)C(=O)CCC1CNCCc2c[nH]c3c(C)cc(OC)c1c23. The predicted octanol–water partition coefficient (Wildman–Crippen LogP) is 2.97. The molecule has 1 aromatic carbocycles. The monoisotopic (exact) mass is 343 g/mol. The van der Waals surface area contributed by atoms with Crippen LogP contribution in [0.15, 0.2) is 12.3 Å². The van der Waals surface area contributed by atoms with Crippen molar-refractivity contribution in [1.82, 2.24) is 15.2 Å². The molecule has 0 bridgehead atoms. The number of aromatic amines is 1. The largest absolute Gasteiger partial charge is 0.496 e. The fourth-order valence-electron chi connectivity index (χ4n) is 3.84. The van der Waals surface area contributed by atoms with Gasteiger partial charge in [0.1, 0.15) is 5.75 Å². The van der Waals surface area contributed by atoms with Crippen molar-refractivity contribution >= 4 is 16.8 Å². The molecular formula is C20H29N3O2. The Morgan fingerprint density at radius 2 is 2.24 bits per heavy atom. The van der Waals surface area contributed by atoms with Gasteiger partial charge in [-0.25, -0.2) is 0 Å². The fraction of sp³-hybridized carbons (Fsp3) is 0.550. The van der Waals surface area contributed by atoms with Crippen LogP contribution in [0.5, 0.6) is 5.75 Å². The molecule has 0 radical (unpaired) electrons. The lowest BCUT2D eigenvalue weighted by atomic mass is 9.86. The summed E-state index contributed by atoms with van der Waals surface area (Å²) in [4.78, 5) is 17.5. The lowest BCUT2D eigenvalue weighted by molar-refractivity contribution is -0.129. The zero-order valence-electron chi connectivity index (χ0n) is 15.7. The number of aryl methyl sites for hydroxylation is 1. The number of carbonyl (C=O) groups is 1. The first kappa shape index (κ1) is 17.8. The van der Waals surface area contributed by atoms with E-state index in [0.29, 0.717) is 6.42 Å². The molecular weight excluding hydrogens is 314 g/mol. The van der Waals surface area contributed by atoms with E-state index in [1.54, 1.807) is 12.0 Å². The van der Waals surface area contributed by atoms with Gasteiger partial charge in [-0.15, -0.1) is 0 Å². The molecule has 1 atom stereocenters. The number of ether oxygens (including phenoxy) is 1. The molecule has 0 saturated heterocycles. The van der Waals surface area contributed by atoms with Crippen molar-refractivity contribution in [3.8, 4) is 5.75 Å². The molecule has 3 rings (SSSR count). The minimum Gasteiger partial charge on any atom is -0.496 e. The second-order valence-electron chi connectivity index (χ2n) is 6.97. The Labute approximate surface area is 149 Å². The molecule has 2 aromatic rings. The third-order valence-electron chi connectivity index (χ3n) is 5.44. The van der Waals surface area contributed by atoms with E-state index in [1.807, 2.05) is 14.0 Å². The maximum Gasteiger partial charge on any atom is 0.222 e. The van der Waals surface area contributed by atoms with E-state index in [9.17, 15) is 4.79 Å². The maximum atomic E-state index is 12.3. The highest BCUT2D eigenvalue weighted by Gasteiger charge is 2.25. The van der Waals surface area contributed by atoms with Gasteiger partial charge in [0.05, 0.1) is 7.11 Å². The molecule has 25 heavy (non-hydrogen) atoms. The molecule has 5 nitrogen and oxygen atoms in total. The molecule has 5 heteroatoms. The molecule has 1 aliphatic rings. The zero-order chi connectivity index (χ0) is 18.0. The van der Waals surface area contributed by atoms with Gasteiger partial charge < -0.3 is 19.9 Å². The number of nitrogens with one attached hydrogen (secondary N) is 2. The number of benzene rings is 1. The van der Waals surface area contributed by atoms with E-state index >= 15 is 0 Å². The summed E-state index contributed by atoms with van der Waals surface area (Å²) < 4.78 is 5.75. The minimum atomic E-state index is 0.209. The highest BCUT2D eigenvalue weighted by molar-refractivity contribution is 5.92. The standard InChI is InChI=1S/C20H29N3O2/c1-5-23(3)17(24)7-6-14-11-21-9-8-15-12-22-20-13(2)10-16(25-4)18(14)19(15)20/h10,12,14,21-22H,5-9,11H2,1-4H3. The Hall–Kier alpha value is -2.01. The van der Waals surface area contributed by atoms with Crippen molar-refractivity contribution in [2.45, 2.75) is 39.0 Å². The number of nitrogens with zero attached hydrogens (tertiary/aromatic N) is 1. The number of H-pyrrole nitrogens is 1. The zero-order valence-corrected chi connectivity index (χ0v) is 15.7. The number of carbonyl (C=O) groups excluding carboxylic acids is 1. The van der Waals surface area contributed by atoms with Gasteiger partial charge in [-0.3, -0.25) is 4.79 Å². The van der Waals surface area contributed by atoms with Gasteiger partial charge in [-0.2, -0.15) is 0 Å². The van der Waals surface area contributed by atoms with Crippen molar-refractivity contribution in [3.05, 3.63) is 29.0 Å². The molecule has 0 saturated carbocycles. The normalized spacial score (nSPS) is 17.2. The van der Waals surface area contributed by atoms with Crippen LogP contribution >= 0.6 is 0 Å². The van der Waals surface area contributed by atoms with E-state index < -0.39 is 0 Å². The second-order valence-corrected chi connectivity index (χ2v) is 6.97. The number of rotatable bonds is 5. The number of hydrogen-bond donors (Lipinski definition) is 2. The van der Waals surface area contributed by atoms with Gasteiger partial charge >= 0.3 is 0 Å². The number of aromatic nitrogens is 1. The predicted molar refractivity (Wildman–Crippen MR) is 101 cm³/mol. The van der Waals surface area contributed by atoms with Crippen LogP contribution in [0.2, 0.25) is 0 Å². The fourth-order valence-corrected chi connectivity index (χ4v) is 3.84. The second kappa shape index (κ2) is 7.48. The smallest absolute Gasteiger partial charge is 0.222 e. The van der Waals surface area contributed by atoms with Crippen LogP contribution in [-0.4, -0.2) is 49.6 Å². The van der Waals surface area contributed by atoms with Gasteiger partial charge in [-0.05, 0) is 50.4 Å². The summed E-state index contributed by atoms with van der Waals surface area (Å²) in [6.45, 7) is 6.72. The van der Waals surface area contributed by atoms with Crippen LogP contribution in [0.1, 0.15) is 42.4 Å². The average Bonchev–Trinajstić information content (AvgIpc) is 3.02. The number of hydrogen-bond acceptors (Lipinski definition) is 3. The molecule has 1 aromatic heterocycles. The van der Waals surface area contributed by atoms with Gasteiger partial charge in [0.15, 0.2) is 0 Å². The highest BCUT2D eigenvalue weighted by atomic mass is 16.5. The quantitative estimate of drug-likeness (QED) is 0.877. The lowest BCUT2D eigenvalue weighted by Crippen LogP contribution is -2.29. The van der Waals surface area contributed by atoms with Crippen molar-refractivity contribution in [2.75, 3.05) is 33.8 Å². The summed E-state index contributed by atoms with van der Waals surface area (Å²) in [7, 11) is 3.61. The molecule has 1 amide bonds. The van der Waals surface area contributed by atoms with E-state index in [0.717, 1.165) is 38.2 Å². The molecule has 2 heterocycles. The summed E-state index contributed by atoms with van der Waals surface area (Å²) in [5, 5.41) is 4.85. The molecule has 2 N–H and O–H groups in total. The summed E-state index contributed by atoms with van der Waals surface area (Å²) in [5.74, 6) is 1.42. The highest BCUT2D eigenvalue weighted by Crippen LogP contribution is 2.40. The molecule has 1 unspecified atom stereocenters. The van der Waals surface area contributed by atoms with Crippen LogP contribution < -0.4 is 10.1 Å². The van der Waals surface area contributed by atoms with E-state index in [-0.39, 0.29) is 11.8 Å². The minimum absolute atomic E-state index is 0.209. The molecule has 0 aliphatic carbocycles. The van der Waals surface area contributed by atoms with E-state index in [4.69, 9.17) is 4.74 Å². The summed E-state index contributed by atoms with van der Waals surface area (Å²) in [5.41, 5.74) is 4.99. The first-order valence-corrected chi connectivity index (χ1v) is 9.18. The van der Waals surface area contributed by atoms with Crippen LogP contribution in [0.4, 0.5) is 0 Å². The third kappa shape index (κ3) is 3.38. The Morgan fingerprint density at radius 3 is 2.96 bits per heavy atom. The summed E-state index contributed by atoms with van der Waals surface area (Å²) >= 11 is 0. The molecule has 1 aliphatic heterocycles. The Morgan fingerprint density at radius 1 is 1.44 bits per heavy atom. The van der Waals surface area contributed by atoms with Gasteiger partial charge in [0.2, 0.25) is 5.91 Å². The van der Waals surface area contributed by atoms with Gasteiger partial charge in [0.25, 0.3) is 0 Å². The lowest BCUT2D eigenvalue weighted by Gasteiger charge is -2.25. The van der Waals surface area contributed by atoms with Crippen molar-refractivity contribution in [2.24, 2.45) is 0 Å². The molecule has 0 fully saturated rings. The third-order valence-corrected chi connectivity index (χ3v) is 5.44. The molecule has 136 valence electrons. The van der Waals surface area contributed by atoms with E-state index in [1.165, 1.54) is 27.6 Å². The Balaban J connectivity index is 2.01. The van der Waals surface area contributed by atoms with Crippen molar-refractivity contribution < 1.29 is 9.53 Å². The Bertz CT molecular complexity index is 766. The average molecular weight is 343 g/mol. The molecule has 0 spiro atoms. The van der Waals surface area contributed by atoms with Gasteiger partial charge in [0, 0.05) is 55.1 Å². The number of amides is 1. The Kier molecular flexibility index (Phi) is 5.33. The maximum absolute atomic E-state index is 12.3. The topological polar surface area (TPSA) is 57.4 Å². The first-order valence-electron chi connectivity index (χ1n) is 9.18. The van der Waals surface area contributed by atoms with Crippen LogP contribution in [-0.2, 0) is 11.2 Å². The van der Waals surface area contributed by atoms with Crippen LogP contribution in [0.3, 0.4) is 0 Å². The van der Waals surface area contributed by atoms with Crippen LogP contribution in [0.25, 0.3) is 10.9 Å².